The number of nitrogens with zero attached hydrogens (tertiary/aromatic N) is 1. The van der Waals surface area contributed by atoms with E-state index in [4.69, 9.17) is 26.6 Å². The van der Waals surface area contributed by atoms with Crippen LogP contribution in [0.3, 0.4) is 0 Å². The zero-order valence-electron chi connectivity index (χ0n) is 16.8. The number of aliphatic carboxylic acids is 2. The first kappa shape index (κ1) is 23.6. The molecule has 2 aromatic rings. The molecule has 0 radical (unpaired) electrons. The molecule has 0 saturated carbocycles. The number of carboxylic acids is 2. The Morgan fingerprint density at radius 3 is 2.30 bits per heavy atom. The second-order valence-electron chi connectivity index (χ2n) is 6.99. The summed E-state index contributed by atoms with van der Waals surface area (Å²) in [5.41, 5.74) is 3.58. The fourth-order valence-electron chi connectivity index (χ4n) is 3.09. The van der Waals surface area contributed by atoms with Crippen LogP contribution in [-0.2, 0) is 20.9 Å². The van der Waals surface area contributed by atoms with E-state index in [0.29, 0.717) is 24.9 Å². The number of rotatable bonds is 6. The standard InChI is InChI=1S/C19H22ClNO.C4H4O4/c1-21-11-9-18(10-12-21)22-14-16-5-2-3-8-19(16)15-6-4-7-17(20)13-15;5-3(6)1-2-4(7)8/h2-8,13,18H,9-12,14H2,1H3;1-2H,(H,5,6)(H,7,8). The lowest BCUT2D eigenvalue weighted by Crippen LogP contribution is -2.34. The molecule has 2 N–H and O–H groups in total. The van der Waals surface area contributed by atoms with Gasteiger partial charge >= 0.3 is 11.9 Å². The third-order valence-electron chi connectivity index (χ3n) is 4.66. The number of carboxylic acid groups (broad SMARTS) is 2. The Kier molecular flexibility index (Phi) is 9.54. The molecule has 30 heavy (non-hydrogen) atoms. The monoisotopic (exact) mass is 431 g/mol. The van der Waals surface area contributed by atoms with Crippen molar-refractivity contribution in [1.29, 1.82) is 0 Å². The molecule has 1 aliphatic rings. The van der Waals surface area contributed by atoms with Gasteiger partial charge in [-0.15, -0.1) is 0 Å². The summed E-state index contributed by atoms with van der Waals surface area (Å²) in [5.74, 6) is -2.51. The second-order valence-corrected chi connectivity index (χ2v) is 7.43. The van der Waals surface area contributed by atoms with Crippen LogP contribution in [0, 0.1) is 0 Å². The zero-order chi connectivity index (χ0) is 21.9. The van der Waals surface area contributed by atoms with E-state index in [0.717, 1.165) is 36.5 Å². The Morgan fingerprint density at radius 2 is 1.70 bits per heavy atom. The van der Waals surface area contributed by atoms with Crippen LogP contribution >= 0.6 is 11.6 Å². The average Bonchev–Trinajstić information content (AvgIpc) is 2.72. The van der Waals surface area contributed by atoms with E-state index in [2.05, 4.69) is 42.3 Å². The molecular formula is C23H26ClNO5. The summed E-state index contributed by atoms with van der Waals surface area (Å²) in [6, 6.07) is 16.4. The van der Waals surface area contributed by atoms with Gasteiger partial charge in [0.1, 0.15) is 0 Å². The first-order valence-corrected chi connectivity index (χ1v) is 10.0. The quantitative estimate of drug-likeness (QED) is 0.662. The summed E-state index contributed by atoms with van der Waals surface area (Å²) in [4.78, 5) is 21.5. The Labute approximate surface area is 181 Å². The third-order valence-corrected chi connectivity index (χ3v) is 4.90. The predicted octanol–water partition coefficient (Wildman–Crippen LogP) is 4.33. The molecule has 1 fully saturated rings. The van der Waals surface area contributed by atoms with Crippen molar-refractivity contribution in [2.75, 3.05) is 20.1 Å². The highest BCUT2D eigenvalue weighted by molar-refractivity contribution is 6.30. The van der Waals surface area contributed by atoms with Gasteiger partial charge in [0, 0.05) is 30.3 Å². The van der Waals surface area contributed by atoms with Gasteiger partial charge in [-0.1, -0.05) is 48.0 Å². The van der Waals surface area contributed by atoms with Gasteiger partial charge in [-0.3, -0.25) is 0 Å². The van der Waals surface area contributed by atoms with Gasteiger partial charge in [-0.2, -0.15) is 0 Å². The molecule has 2 aromatic carbocycles. The number of likely N-dealkylation sites (tertiary alicyclic amines) is 1. The summed E-state index contributed by atoms with van der Waals surface area (Å²) in [6.07, 6.45) is 3.74. The van der Waals surface area contributed by atoms with Crippen LogP contribution < -0.4 is 0 Å². The van der Waals surface area contributed by atoms with Gasteiger partial charge in [0.15, 0.2) is 0 Å². The highest BCUT2D eigenvalue weighted by Crippen LogP contribution is 2.27. The van der Waals surface area contributed by atoms with Gasteiger partial charge in [0.25, 0.3) is 0 Å². The lowest BCUT2D eigenvalue weighted by atomic mass is 10.00. The maximum Gasteiger partial charge on any atom is 0.328 e. The van der Waals surface area contributed by atoms with E-state index in [1.54, 1.807) is 0 Å². The molecule has 3 rings (SSSR count). The molecule has 160 valence electrons. The lowest BCUT2D eigenvalue weighted by molar-refractivity contribution is -0.134. The van der Waals surface area contributed by atoms with Crippen LogP contribution in [-0.4, -0.2) is 53.3 Å². The Bertz CT molecular complexity index is 859. The van der Waals surface area contributed by atoms with Crippen molar-refractivity contribution < 1.29 is 24.5 Å². The molecule has 0 unspecified atom stereocenters. The molecule has 0 atom stereocenters. The van der Waals surface area contributed by atoms with Crippen LogP contribution in [0.25, 0.3) is 11.1 Å². The number of benzene rings is 2. The Morgan fingerprint density at radius 1 is 1.07 bits per heavy atom. The third kappa shape index (κ3) is 8.37. The summed E-state index contributed by atoms with van der Waals surface area (Å²) < 4.78 is 6.15. The number of hydrogen-bond acceptors (Lipinski definition) is 4. The molecular weight excluding hydrogens is 406 g/mol. The molecule has 7 heteroatoms. The minimum atomic E-state index is -1.26. The van der Waals surface area contributed by atoms with Crippen molar-refractivity contribution in [2.24, 2.45) is 0 Å². The smallest absolute Gasteiger partial charge is 0.328 e. The summed E-state index contributed by atoms with van der Waals surface area (Å²) in [7, 11) is 2.17. The maximum absolute atomic E-state index is 9.55. The first-order valence-electron chi connectivity index (χ1n) is 9.63. The van der Waals surface area contributed by atoms with E-state index in [9.17, 15) is 9.59 Å². The van der Waals surface area contributed by atoms with Crippen LogP contribution in [0.4, 0.5) is 0 Å². The molecule has 0 aromatic heterocycles. The van der Waals surface area contributed by atoms with Crippen molar-refractivity contribution in [2.45, 2.75) is 25.6 Å². The molecule has 1 aliphatic heterocycles. The van der Waals surface area contributed by atoms with Crippen molar-refractivity contribution in [3.05, 3.63) is 71.3 Å². The molecule has 0 amide bonds. The number of halogens is 1. The molecule has 0 spiro atoms. The number of ether oxygens (including phenoxy) is 1. The van der Waals surface area contributed by atoms with Crippen LogP contribution in [0.2, 0.25) is 5.02 Å². The lowest BCUT2D eigenvalue weighted by Gasteiger charge is -2.29. The van der Waals surface area contributed by atoms with E-state index in [1.807, 2.05) is 18.2 Å². The van der Waals surface area contributed by atoms with Crippen molar-refractivity contribution in [3.8, 4) is 11.1 Å². The van der Waals surface area contributed by atoms with Gasteiger partial charge in [-0.05, 0) is 48.7 Å². The molecule has 0 bridgehead atoms. The minimum Gasteiger partial charge on any atom is -0.478 e. The van der Waals surface area contributed by atoms with Crippen LogP contribution in [0.15, 0.2) is 60.7 Å². The molecule has 0 aliphatic carbocycles. The molecule has 6 nitrogen and oxygen atoms in total. The molecule has 1 saturated heterocycles. The summed E-state index contributed by atoms with van der Waals surface area (Å²) in [5, 5.41) is 16.4. The van der Waals surface area contributed by atoms with Crippen LogP contribution in [0.5, 0.6) is 0 Å². The van der Waals surface area contributed by atoms with Gasteiger partial charge < -0.3 is 19.8 Å². The largest absolute Gasteiger partial charge is 0.478 e. The van der Waals surface area contributed by atoms with Gasteiger partial charge in [-0.25, -0.2) is 9.59 Å². The summed E-state index contributed by atoms with van der Waals surface area (Å²) in [6.45, 7) is 2.91. The predicted molar refractivity (Wildman–Crippen MR) is 117 cm³/mol. The minimum absolute atomic E-state index is 0.378. The normalized spacial score (nSPS) is 14.9. The maximum atomic E-state index is 9.55. The Balaban J connectivity index is 0.000000343. The number of hydrogen-bond donors (Lipinski definition) is 2. The second kappa shape index (κ2) is 12.1. The van der Waals surface area contributed by atoms with Crippen molar-refractivity contribution in [1.82, 2.24) is 4.90 Å². The highest BCUT2D eigenvalue weighted by Gasteiger charge is 2.17. The van der Waals surface area contributed by atoms with Gasteiger partial charge in [0.05, 0.1) is 12.7 Å². The summed E-state index contributed by atoms with van der Waals surface area (Å²) >= 11 is 6.12. The number of carbonyl (C=O) groups is 2. The van der Waals surface area contributed by atoms with E-state index in [1.165, 1.54) is 11.1 Å². The van der Waals surface area contributed by atoms with E-state index < -0.39 is 11.9 Å². The SMILES string of the molecule is CN1CCC(OCc2ccccc2-c2cccc(Cl)c2)CC1.O=C(O)C=CC(=O)O. The van der Waals surface area contributed by atoms with Crippen LogP contribution in [0.1, 0.15) is 18.4 Å². The Hall–Kier alpha value is -2.67. The topological polar surface area (TPSA) is 87.1 Å². The van der Waals surface area contributed by atoms with Crippen molar-refractivity contribution in [3.63, 3.8) is 0 Å². The average molecular weight is 432 g/mol. The first-order chi connectivity index (χ1) is 14.3. The fraction of sp³-hybridized carbons (Fsp3) is 0.304. The highest BCUT2D eigenvalue weighted by atomic mass is 35.5. The molecule has 1 heterocycles. The van der Waals surface area contributed by atoms with E-state index in [-0.39, 0.29) is 0 Å². The van der Waals surface area contributed by atoms with E-state index >= 15 is 0 Å². The number of piperidine rings is 1. The van der Waals surface area contributed by atoms with Gasteiger partial charge in [0.2, 0.25) is 0 Å². The fourth-order valence-corrected chi connectivity index (χ4v) is 3.28. The zero-order valence-corrected chi connectivity index (χ0v) is 17.6. The van der Waals surface area contributed by atoms with Crippen molar-refractivity contribution >= 4 is 23.5 Å².